The lowest BCUT2D eigenvalue weighted by Gasteiger charge is -2.19. The van der Waals surface area contributed by atoms with Crippen molar-refractivity contribution >= 4 is 11.9 Å². The molecular weight excluding hydrogens is 363 g/mol. The third-order valence-corrected chi connectivity index (χ3v) is 4.33. The molecule has 0 aliphatic heterocycles. The molecule has 0 bridgehead atoms. The second kappa shape index (κ2) is 11.5. The fourth-order valence-electron chi connectivity index (χ4n) is 2.50. The van der Waals surface area contributed by atoms with E-state index in [-0.39, 0.29) is 30.1 Å². The lowest BCUT2D eigenvalue weighted by molar-refractivity contribution is -0.119. The Labute approximate surface area is 166 Å². The van der Waals surface area contributed by atoms with Gasteiger partial charge in [-0.2, -0.15) is 0 Å². The zero-order valence-corrected chi connectivity index (χ0v) is 16.9. The molecule has 1 unspecified atom stereocenters. The molecule has 7 nitrogen and oxygen atoms in total. The van der Waals surface area contributed by atoms with Crippen LogP contribution in [0.2, 0.25) is 0 Å². The average Bonchev–Trinajstić information content (AvgIpc) is 3.50. The van der Waals surface area contributed by atoms with E-state index < -0.39 is 0 Å². The Bertz CT molecular complexity index is 665. The van der Waals surface area contributed by atoms with E-state index in [9.17, 15) is 9.18 Å². The van der Waals surface area contributed by atoms with Crippen LogP contribution in [0.25, 0.3) is 0 Å². The highest BCUT2D eigenvalue weighted by Crippen LogP contribution is 2.30. The summed E-state index contributed by atoms with van der Waals surface area (Å²) in [6.45, 7) is 5.96. The summed E-state index contributed by atoms with van der Waals surface area (Å²) in [6, 6.07) is 4.78. The molecule has 1 aliphatic rings. The lowest BCUT2D eigenvalue weighted by Crippen LogP contribution is -2.40. The van der Waals surface area contributed by atoms with Gasteiger partial charge in [-0.25, -0.2) is 9.38 Å². The third kappa shape index (κ3) is 7.72. The highest BCUT2D eigenvalue weighted by molar-refractivity contribution is 5.85. The van der Waals surface area contributed by atoms with Crippen LogP contribution in [0, 0.1) is 11.7 Å². The van der Waals surface area contributed by atoms with Crippen molar-refractivity contribution in [1.82, 2.24) is 16.0 Å². The van der Waals surface area contributed by atoms with Crippen molar-refractivity contribution in [3.63, 3.8) is 0 Å². The van der Waals surface area contributed by atoms with E-state index >= 15 is 0 Å². The number of methoxy groups -OCH3 is 1. The number of nitrogens with zero attached hydrogens (tertiary/aromatic N) is 1. The number of hydrogen-bond donors (Lipinski definition) is 3. The van der Waals surface area contributed by atoms with E-state index in [1.54, 1.807) is 13.2 Å². The quantitative estimate of drug-likeness (QED) is 0.304. The molecule has 8 heteroatoms. The first kappa shape index (κ1) is 21.9. The second-order valence-corrected chi connectivity index (χ2v) is 6.85. The maximum Gasteiger partial charge on any atom is 0.241 e. The van der Waals surface area contributed by atoms with Crippen LogP contribution < -0.4 is 20.7 Å². The molecular formula is C20H31FN4O3. The van der Waals surface area contributed by atoms with E-state index in [0.717, 1.165) is 18.4 Å². The third-order valence-electron chi connectivity index (χ3n) is 4.33. The SMILES string of the molecule is CCNC(=NCC(=O)NCCOC)NC(C)c1ccc(OCC2CC2)c(F)c1. The van der Waals surface area contributed by atoms with Crippen LogP contribution in [0.3, 0.4) is 0 Å². The first-order valence-electron chi connectivity index (χ1n) is 9.76. The number of amides is 1. The number of guanidine groups is 1. The van der Waals surface area contributed by atoms with Gasteiger partial charge >= 0.3 is 0 Å². The Morgan fingerprint density at radius 1 is 1.36 bits per heavy atom. The van der Waals surface area contributed by atoms with Crippen LogP contribution in [0.5, 0.6) is 5.75 Å². The van der Waals surface area contributed by atoms with Gasteiger partial charge < -0.3 is 25.4 Å². The Morgan fingerprint density at radius 3 is 2.79 bits per heavy atom. The second-order valence-electron chi connectivity index (χ2n) is 6.85. The molecule has 156 valence electrons. The van der Waals surface area contributed by atoms with Crippen LogP contribution in [0.1, 0.15) is 38.3 Å². The number of carbonyl (C=O) groups excluding carboxylic acids is 1. The van der Waals surface area contributed by atoms with Crippen LogP contribution in [-0.2, 0) is 9.53 Å². The molecule has 28 heavy (non-hydrogen) atoms. The van der Waals surface area contributed by atoms with Gasteiger partial charge in [-0.1, -0.05) is 6.07 Å². The number of nitrogens with one attached hydrogen (secondary N) is 3. The summed E-state index contributed by atoms with van der Waals surface area (Å²) < 4.78 is 24.7. The maximum atomic E-state index is 14.3. The number of hydrogen-bond acceptors (Lipinski definition) is 4. The predicted octanol–water partition coefficient (Wildman–Crippen LogP) is 1.99. The summed E-state index contributed by atoms with van der Waals surface area (Å²) in [5.74, 6) is 0.796. The summed E-state index contributed by atoms with van der Waals surface area (Å²) in [7, 11) is 1.58. The topological polar surface area (TPSA) is 84.0 Å². The highest BCUT2D eigenvalue weighted by atomic mass is 19.1. The molecule has 0 radical (unpaired) electrons. The Balaban J connectivity index is 1.90. The molecule has 0 heterocycles. The van der Waals surface area contributed by atoms with Crippen molar-refractivity contribution in [1.29, 1.82) is 0 Å². The van der Waals surface area contributed by atoms with Crippen LogP contribution in [-0.4, -0.2) is 51.8 Å². The van der Waals surface area contributed by atoms with Crippen molar-refractivity contribution in [3.05, 3.63) is 29.6 Å². The summed E-state index contributed by atoms with van der Waals surface area (Å²) in [6.07, 6.45) is 2.33. The Hall–Kier alpha value is -2.35. The summed E-state index contributed by atoms with van der Waals surface area (Å²) in [5.41, 5.74) is 0.770. The van der Waals surface area contributed by atoms with Gasteiger partial charge in [0.05, 0.1) is 19.3 Å². The molecule has 0 saturated heterocycles. The first-order chi connectivity index (χ1) is 13.5. The number of aliphatic imine (C=N–C) groups is 1. The molecule has 1 fully saturated rings. The van der Waals surface area contributed by atoms with Crippen molar-refractivity contribution < 1.29 is 18.7 Å². The molecule has 0 spiro atoms. The number of rotatable bonds is 11. The van der Waals surface area contributed by atoms with Crippen LogP contribution in [0.4, 0.5) is 4.39 Å². The minimum Gasteiger partial charge on any atom is -0.490 e. The van der Waals surface area contributed by atoms with Gasteiger partial charge in [0, 0.05) is 20.2 Å². The number of carbonyl (C=O) groups is 1. The number of benzene rings is 1. The molecule has 1 saturated carbocycles. The van der Waals surface area contributed by atoms with Crippen molar-refractivity contribution in [2.24, 2.45) is 10.9 Å². The molecule has 0 aromatic heterocycles. The van der Waals surface area contributed by atoms with Gasteiger partial charge in [0.15, 0.2) is 17.5 Å². The van der Waals surface area contributed by atoms with Crippen LogP contribution >= 0.6 is 0 Å². The molecule has 2 rings (SSSR count). The van der Waals surface area contributed by atoms with Crippen LogP contribution in [0.15, 0.2) is 23.2 Å². The van der Waals surface area contributed by atoms with Crippen molar-refractivity contribution in [2.45, 2.75) is 32.7 Å². The smallest absolute Gasteiger partial charge is 0.241 e. The van der Waals surface area contributed by atoms with Gasteiger partial charge in [-0.3, -0.25) is 4.79 Å². The van der Waals surface area contributed by atoms with E-state index in [1.165, 1.54) is 6.07 Å². The Morgan fingerprint density at radius 2 is 2.14 bits per heavy atom. The van der Waals surface area contributed by atoms with Gasteiger partial charge in [0.1, 0.15) is 6.54 Å². The zero-order valence-electron chi connectivity index (χ0n) is 16.9. The Kier molecular flexibility index (Phi) is 9.00. The summed E-state index contributed by atoms with van der Waals surface area (Å²) >= 11 is 0. The average molecular weight is 394 g/mol. The summed E-state index contributed by atoms with van der Waals surface area (Å²) in [5, 5.41) is 8.99. The summed E-state index contributed by atoms with van der Waals surface area (Å²) in [4.78, 5) is 16.1. The largest absolute Gasteiger partial charge is 0.490 e. The standard InChI is InChI=1S/C20H31FN4O3/c1-4-22-20(24-12-19(26)23-9-10-27-3)25-14(2)16-7-8-18(17(21)11-16)28-13-15-5-6-15/h7-8,11,14-15H,4-6,9-10,12-13H2,1-3H3,(H,23,26)(H2,22,24,25). The monoisotopic (exact) mass is 394 g/mol. The van der Waals surface area contributed by atoms with Gasteiger partial charge in [-0.05, 0) is 50.3 Å². The van der Waals surface area contributed by atoms with Gasteiger partial charge in [-0.15, -0.1) is 0 Å². The van der Waals surface area contributed by atoms with E-state index in [4.69, 9.17) is 9.47 Å². The van der Waals surface area contributed by atoms with E-state index in [0.29, 0.717) is 38.2 Å². The minimum atomic E-state index is -0.369. The molecule has 1 aromatic rings. The fraction of sp³-hybridized carbons (Fsp3) is 0.600. The lowest BCUT2D eigenvalue weighted by atomic mass is 10.1. The van der Waals surface area contributed by atoms with E-state index in [1.807, 2.05) is 19.9 Å². The molecule has 1 aromatic carbocycles. The maximum absolute atomic E-state index is 14.3. The number of halogens is 1. The fourth-order valence-corrected chi connectivity index (χ4v) is 2.50. The number of ether oxygens (including phenoxy) is 2. The molecule has 1 aliphatic carbocycles. The zero-order chi connectivity index (χ0) is 20.4. The first-order valence-corrected chi connectivity index (χ1v) is 9.76. The molecule has 3 N–H and O–H groups in total. The minimum absolute atomic E-state index is 0.00588. The van der Waals surface area contributed by atoms with Crippen molar-refractivity contribution in [3.8, 4) is 5.75 Å². The van der Waals surface area contributed by atoms with E-state index in [2.05, 4.69) is 20.9 Å². The predicted molar refractivity (Wildman–Crippen MR) is 107 cm³/mol. The molecule has 1 atom stereocenters. The molecule has 1 amide bonds. The normalized spacial score (nSPS) is 15.1. The van der Waals surface area contributed by atoms with Gasteiger partial charge in [0.25, 0.3) is 0 Å². The van der Waals surface area contributed by atoms with Crippen molar-refractivity contribution in [2.75, 3.05) is 40.0 Å². The van der Waals surface area contributed by atoms with Gasteiger partial charge in [0.2, 0.25) is 5.91 Å². The highest BCUT2D eigenvalue weighted by Gasteiger charge is 2.22.